The van der Waals surface area contributed by atoms with Gasteiger partial charge in [-0.05, 0) is 30.3 Å². The van der Waals surface area contributed by atoms with Gasteiger partial charge in [0.05, 0.1) is 0 Å². The zero-order valence-electron chi connectivity index (χ0n) is 14.3. The number of rotatable bonds is 5. The van der Waals surface area contributed by atoms with Crippen LogP contribution in [0.3, 0.4) is 0 Å². The minimum Gasteiger partial charge on any atom is -0.383 e. The van der Waals surface area contributed by atoms with E-state index in [0.717, 1.165) is 6.08 Å². The van der Waals surface area contributed by atoms with Crippen molar-refractivity contribution in [2.45, 2.75) is 63.3 Å². The van der Waals surface area contributed by atoms with Crippen LogP contribution in [0.25, 0.3) is 0 Å². The second-order valence-electron chi connectivity index (χ2n) is 7.21. The minimum absolute atomic E-state index is 0.0379. The van der Waals surface area contributed by atoms with Crippen LogP contribution in [0.15, 0.2) is 11.8 Å². The first-order valence-electron chi connectivity index (χ1n) is 7.51. The molecule has 0 N–H and O–H groups in total. The van der Waals surface area contributed by atoms with E-state index in [-0.39, 0.29) is 30.6 Å². The van der Waals surface area contributed by atoms with Gasteiger partial charge in [-0.2, -0.15) is 47.9 Å². The van der Waals surface area contributed by atoms with Gasteiger partial charge in [-0.1, -0.05) is 20.8 Å². The van der Waals surface area contributed by atoms with Gasteiger partial charge >= 0.3 is 33.4 Å². The van der Waals surface area contributed by atoms with Crippen molar-refractivity contribution in [2.75, 3.05) is 0 Å². The van der Waals surface area contributed by atoms with Crippen molar-refractivity contribution in [1.82, 2.24) is 0 Å². The highest BCUT2D eigenvalue weighted by molar-refractivity contribution is 7.88. The Kier molecular flexibility index (Phi) is 5.96. The van der Waals surface area contributed by atoms with Gasteiger partial charge in [0.25, 0.3) is 0 Å². The van der Waals surface area contributed by atoms with Crippen molar-refractivity contribution in [3.8, 4) is 0 Å². The van der Waals surface area contributed by atoms with Gasteiger partial charge < -0.3 is 4.18 Å². The maximum absolute atomic E-state index is 13.6. The van der Waals surface area contributed by atoms with Gasteiger partial charge in [0.15, 0.2) is 0 Å². The van der Waals surface area contributed by atoms with E-state index in [0.29, 0.717) is 0 Å². The summed E-state index contributed by atoms with van der Waals surface area (Å²) in [7, 11) is -6.85. The Morgan fingerprint density at radius 1 is 0.926 bits per heavy atom. The molecule has 1 aliphatic carbocycles. The monoisotopic (exact) mass is 436 g/mol. The molecule has 0 fully saturated rings. The number of allylic oxidation sites excluding steroid dienone is 2. The Bertz CT molecular complexity index is 688. The molecule has 1 atom stereocenters. The van der Waals surface area contributed by atoms with E-state index in [1.807, 2.05) is 20.8 Å². The summed E-state index contributed by atoms with van der Waals surface area (Å²) in [6.07, 6.45) is -6.06. The fourth-order valence-electron chi connectivity index (χ4n) is 2.38. The third kappa shape index (κ3) is 4.16. The van der Waals surface area contributed by atoms with Gasteiger partial charge in [0, 0.05) is 6.42 Å². The lowest BCUT2D eigenvalue weighted by molar-refractivity contribution is -0.382. The molecule has 1 aliphatic rings. The third-order valence-electron chi connectivity index (χ3n) is 4.24. The molecule has 0 saturated carbocycles. The number of hydrogen-bond donors (Lipinski definition) is 0. The number of hydrogen-bond acceptors (Lipinski definition) is 3. The van der Waals surface area contributed by atoms with Crippen LogP contribution >= 0.6 is 0 Å². The molecule has 1 unspecified atom stereocenters. The lowest BCUT2D eigenvalue weighted by Crippen LogP contribution is -2.63. The van der Waals surface area contributed by atoms with Gasteiger partial charge in [-0.15, -0.1) is 0 Å². The summed E-state index contributed by atoms with van der Waals surface area (Å²) in [4.78, 5) is 0. The topological polar surface area (TPSA) is 43.4 Å². The van der Waals surface area contributed by atoms with Crippen LogP contribution in [-0.4, -0.2) is 31.7 Å². The van der Waals surface area contributed by atoms with Crippen molar-refractivity contribution in [1.29, 1.82) is 0 Å². The highest BCUT2D eigenvalue weighted by Crippen LogP contribution is 2.55. The van der Waals surface area contributed by atoms with E-state index in [4.69, 9.17) is 0 Å². The predicted molar refractivity (Wildman–Crippen MR) is 75.8 cm³/mol. The smallest absolute Gasteiger partial charge is 0.383 e. The lowest BCUT2D eigenvalue weighted by Gasteiger charge is -2.34. The van der Waals surface area contributed by atoms with Crippen LogP contribution in [0.5, 0.6) is 0 Å². The zero-order chi connectivity index (χ0) is 21.7. The highest BCUT2D eigenvalue weighted by atomic mass is 32.2. The van der Waals surface area contributed by atoms with Crippen molar-refractivity contribution < 1.29 is 52.1 Å². The first-order chi connectivity index (χ1) is 11.7. The molecule has 0 bridgehead atoms. The molecule has 3 nitrogen and oxygen atoms in total. The highest BCUT2D eigenvalue weighted by Gasteiger charge is 2.86. The molecular weight excluding hydrogens is 419 g/mol. The van der Waals surface area contributed by atoms with Gasteiger partial charge in [0.1, 0.15) is 5.76 Å². The summed E-state index contributed by atoms with van der Waals surface area (Å²) in [5.41, 5.74) is -0.257. The molecule has 0 aromatic carbocycles. The average molecular weight is 436 g/mol. The first-order valence-corrected chi connectivity index (χ1v) is 8.92. The van der Waals surface area contributed by atoms with Gasteiger partial charge in [0.2, 0.25) is 0 Å². The van der Waals surface area contributed by atoms with Crippen molar-refractivity contribution in [2.24, 2.45) is 11.3 Å². The van der Waals surface area contributed by atoms with Crippen LogP contribution in [0, 0.1) is 11.3 Å². The third-order valence-corrected chi connectivity index (χ3v) is 5.56. The summed E-state index contributed by atoms with van der Waals surface area (Å²) in [5.74, 6) is -15.4. The van der Waals surface area contributed by atoms with Crippen LogP contribution in [0.4, 0.5) is 39.5 Å². The van der Waals surface area contributed by atoms with E-state index < -0.39 is 39.2 Å². The van der Waals surface area contributed by atoms with E-state index in [2.05, 4.69) is 4.18 Å². The SMILES string of the molecule is CC(C)(C)C1CC=C(OS(=O)(=O)C(F)(F)C(F)(F)C(F)(F)C(F)(F)F)CC1. The largest absolute Gasteiger partial charge is 0.460 e. The van der Waals surface area contributed by atoms with Gasteiger partial charge in [-0.25, -0.2) is 0 Å². The summed E-state index contributed by atoms with van der Waals surface area (Å²) >= 11 is 0. The maximum Gasteiger partial charge on any atom is 0.460 e. The van der Waals surface area contributed by atoms with E-state index in [1.165, 1.54) is 0 Å². The Labute approximate surface area is 149 Å². The Morgan fingerprint density at radius 2 is 1.41 bits per heavy atom. The van der Waals surface area contributed by atoms with Crippen LogP contribution in [0.1, 0.15) is 40.0 Å². The fourth-order valence-corrected chi connectivity index (χ4v) is 3.36. The van der Waals surface area contributed by atoms with E-state index in [9.17, 15) is 47.9 Å². The molecule has 0 saturated heterocycles. The Balaban J connectivity index is 3.15. The Hall–Kier alpha value is -1.14. The molecule has 0 spiro atoms. The molecular formula is C14H17F9O3S. The maximum atomic E-state index is 13.6. The summed E-state index contributed by atoms with van der Waals surface area (Å²) in [6.45, 7) is 5.51. The van der Waals surface area contributed by atoms with Gasteiger partial charge in [-0.3, -0.25) is 0 Å². The molecule has 0 radical (unpaired) electrons. The first kappa shape index (κ1) is 23.9. The molecule has 13 heteroatoms. The molecule has 160 valence electrons. The predicted octanol–water partition coefficient (Wildman–Crippen LogP) is 5.49. The molecule has 0 amide bonds. The van der Waals surface area contributed by atoms with Crippen LogP contribution < -0.4 is 0 Å². The fraction of sp³-hybridized carbons (Fsp3) is 0.857. The minimum atomic E-state index is -7.31. The number of halogens is 9. The molecule has 0 heterocycles. The van der Waals surface area contributed by atoms with E-state index >= 15 is 0 Å². The Morgan fingerprint density at radius 3 is 1.74 bits per heavy atom. The van der Waals surface area contributed by atoms with Crippen molar-refractivity contribution in [3.05, 3.63) is 11.8 Å². The second-order valence-corrected chi connectivity index (χ2v) is 8.80. The standard InChI is InChI=1S/C14H17F9O3S/c1-10(2,3)8-4-6-9(7-5-8)26-27(24,25)14(22,23)12(17,18)11(15,16)13(19,20)21/h6,8H,4-5,7H2,1-3H3. The zero-order valence-corrected chi connectivity index (χ0v) is 15.1. The van der Waals surface area contributed by atoms with Crippen LogP contribution in [-0.2, 0) is 14.3 Å². The summed E-state index contributed by atoms with van der Waals surface area (Å²) in [6, 6.07) is 0. The molecule has 1 rings (SSSR count). The lowest BCUT2D eigenvalue weighted by atomic mass is 9.74. The van der Waals surface area contributed by atoms with Crippen molar-refractivity contribution in [3.63, 3.8) is 0 Å². The normalized spacial score (nSPS) is 21.0. The molecule has 0 aromatic rings. The van der Waals surface area contributed by atoms with E-state index in [1.54, 1.807) is 0 Å². The molecule has 0 aliphatic heterocycles. The second kappa shape index (κ2) is 6.73. The summed E-state index contributed by atoms with van der Waals surface area (Å²) < 4.78 is 142. The number of alkyl halides is 9. The van der Waals surface area contributed by atoms with Crippen LogP contribution in [0.2, 0.25) is 0 Å². The summed E-state index contributed by atoms with van der Waals surface area (Å²) in [5, 5.41) is -6.83. The average Bonchev–Trinajstić information content (AvgIpc) is 2.44. The van der Waals surface area contributed by atoms with Crippen molar-refractivity contribution >= 4 is 10.1 Å². The quantitative estimate of drug-likeness (QED) is 0.423. The molecule has 27 heavy (non-hydrogen) atoms. The molecule has 0 aromatic heterocycles.